The molecule has 5 heteroatoms. The Bertz CT molecular complexity index is 716. The smallest absolute Gasteiger partial charge is 0.335 e. The lowest BCUT2D eigenvalue weighted by atomic mass is 9.84. The number of aromatic carboxylic acids is 1. The molecule has 2 rings (SSSR count). The number of rotatable bonds is 6. The Balaban J connectivity index is 2.02. The maximum Gasteiger partial charge on any atom is 0.335 e. The molecular formula is C18H19BrClNO2. The lowest BCUT2D eigenvalue weighted by Gasteiger charge is -2.27. The molecule has 0 aliphatic carbocycles. The molecule has 0 radical (unpaired) electrons. The average Bonchev–Trinajstić information content (AvgIpc) is 2.46. The van der Waals surface area contributed by atoms with E-state index in [9.17, 15) is 4.79 Å². The quantitative estimate of drug-likeness (QED) is 0.732. The Kier molecular flexibility index (Phi) is 5.84. The van der Waals surface area contributed by atoms with Gasteiger partial charge in [0.2, 0.25) is 0 Å². The van der Waals surface area contributed by atoms with E-state index in [0.29, 0.717) is 12.1 Å². The van der Waals surface area contributed by atoms with Crippen molar-refractivity contribution < 1.29 is 9.90 Å². The Morgan fingerprint density at radius 3 is 2.65 bits per heavy atom. The standard InChI is InChI=1S/C18H19BrClNO2/c1-18(2,15-7-6-14(19)9-16(15)20)11-21-10-12-4-3-5-13(8-12)17(22)23/h3-9,21H,10-11H2,1-2H3,(H,22,23). The fourth-order valence-electron chi connectivity index (χ4n) is 2.47. The minimum absolute atomic E-state index is 0.137. The SMILES string of the molecule is CC(C)(CNCc1cccc(C(=O)O)c1)c1ccc(Br)cc1Cl. The first-order valence-corrected chi connectivity index (χ1v) is 8.45. The maximum absolute atomic E-state index is 11.0. The van der Waals surface area contributed by atoms with Crippen LogP contribution in [0.5, 0.6) is 0 Å². The zero-order chi connectivity index (χ0) is 17.0. The van der Waals surface area contributed by atoms with Crippen LogP contribution in [0.15, 0.2) is 46.9 Å². The van der Waals surface area contributed by atoms with E-state index in [-0.39, 0.29) is 5.41 Å². The van der Waals surface area contributed by atoms with E-state index >= 15 is 0 Å². The summed E-state index contributed by atoms with van der Waals surface area (Å²) in [7, 11) is 0. The van der Waals surface area contributed by atoms with Crippen molar-refractivity contribution in [2.24, 2.45) is 0 Å². The van der Waals surface area contributed by atoms with Crippen molar-refractivity contribution in [1.29, 1.82) is 0 Å². The van der Waals surface area contributed by atoms with Gasteiger partial charge in [0.1, 0.15) is 0 Å². The summed E-state index contributed by atoms with van der Waals surface area (Å²) in [5.74, 6) is -0.908. The summed E-state index contributed by atoms with van der Waals surface area (Å²) in [4.78, 5) is 11.0. The minimum Gasteiger partial charge on any atom is -0.478 e. The molecule has 122 valence electrons. The largest absolute Gasteiger partial charge is 0.478 e. The minimum atomic E-state index is -0.908. The normalized spacial score (nSPS) is 11.5. The molecule has 0 aromatic heterocycles. The van der Waals surface area contributed by atoms with Gasteiger partial charge in [-0.1, -0.05) is 59.6 Å². The highest BCUT2D eigenvalue weighted by Crippen LogP contribution is 2.31. The molecule has 0 amide bonds. The van der Waals surface area contributed by atoms with Gasteiger partial charge in [0.15, 0.2) is 0 Å². The molecule has 0 unspecified atom stereocenters. The number of halogens is 2. The zero-order valence-corrected chi connectivity index (χ0v) is 15.4. The van der Waals surface area contributed by atoms with E-state index in [2.05, 4.69) is 35.1 Å². The second-order valence-electron chi connectivity index (χ2n) is 6.12. The predicted octanol–water partition coefficient (Wildman–Crippen LogP) is 4.87. The Labute approximate surface area is 149 Å². The maximum atomic E-state index is 11.0. The van der Waals surface area contributed by atoms with Crippen LogP contribution in [0.1, 0.15) is 35.3 Å². The van der Waals surface area contributed by atoms with Crippen molar-refractivity contribution >= 4 is 33.5 Å². The van der Waals surface area contributed by atoms with Crippen molar-refractivity contribution in [3.8, 4) is 0 Å². The fraction of sp³-hybridized carbons (Fsp3) is 0.278. The molecule has 2 aromatic carbocycles. The van der Waals surface area contributed by atoms with Gasteiger partial charge in [0.05, 0.1) is 5.56 Å². The van der Waals surface area contributed by atoms with Gasteiger partial charge in [0, 0.05) is 28.0 Å². The van der Waals surface area contributed by atoms with Crippen LogP contribution in [-0.2, 0) is 12.0 Å². The second-order valence-corrected chi connectivity index (χ2v) is 7.44. The van der Waals surface area contributed by atoms with Gasteiger partial charge in [-0.25, -0.2) is 4.79 Å². The molecule has 0 atom stereocenters. The number of carbonyl (C=O) groups is 1. The molecule has 0 aliphatic rings. The van der Waals surface area contributed by atoms with E-state index in [0.717, 1.165) is 27.2 Å². The molecule has 2 N–H and O–H groups in total. The Morgan fingerprint density at radius 2 is 2.00 bits per heavy atom. The Morgan fingerprint density at radius 1 is 1.26 bits per heavy atom. The summed E-state index contributed by atoms with van der Waals surface area (Å²) in [6, 6.07) is 12.9. The second kappa shape index (κ2) is 7.47. The molecule has 0 heterocycles. The van der Waals surface area contributed by atoms with Crippen LogP contribution >= 0.6 is 27.5 Å². The number of carboxylic acid groups (broad SMARTS) is 1. The third-order valence-corrected chi connectivity index (χ3v) is 4.54. The predicted molar refractivity (Wildman–Crippen MR) is 97.3 cm³/mol. The van der Waals surface area contributed by atoms with E-state index in [1.807, 2.05) is 24.3 Å². The topological polar surface area (TPSA) is 49.3 Å². The van der Waals surface area contributed by atoms with Gasteiger partial charge in [0.25, 0.3) is 0 Å². The number of carboxylic acids is 1. The van der Waals surface area contributed by atoms with Gasteiger partial charge < -0.3 is 10.4 Å². The first-order valence-electron chi connectivity index (χ1n) is 7.28. The molecule has 23 heavy (non-hydrogen) atoms. The summed E-state index contributed by atoms with van der Waals surface area (Å²) < 4.78 is 0.959. The van der Waals surface area contributed by atoms with E-state index in [1.165, 1.54) is 0 Å². The van der Waals surface area contributed by atoms with Crippen LogP contribution in [0.3, 0.4) is 0 Å². The summed E-state index contributed by atoms with van der Waals surface area (Å²) in [5.41, 5.74) is 2.19. The van der Waals surface area contributed by atoms with Crippen molar-refractivity contribution in [3.05, 3.63) is 68.7 Å². The summed E-state index contributed by atoms with van der Waals surface area (Å²) in [5, 5.41) is 13.1. The van der Waals surface area contributed by atoms with Crippen molar-refractivity contribution in [3.63, 3.8) is 0 Å². The lowest BCUT2D eigenvalue weighted by molar-refractivity contribution is 0.0696. The van der Waals surface area contributed by atoms with Gasteiger partial charge >= 0.3 is 5.97 Å². The highest BCUT2D eigenvalue weighted by molar-refractivity contribution is 9.10. The lowest BCUT2D eigenvalue weighted by Crippen LogP contribution is -2.33. The first-order chi connectivity index (χ1) is 10.8. The highest BCUT2D eigenvalue weighted by atomic mass is 79.9. The van der Waals surface area contributed by atoms with Gasteiger partial charge in [-0.05, 0) is 35.4 Å². The number of benzene rings is 2. The number of nitrogens with one attached hydrogen (secondary N) is 1. The number of hydrogen-bond acceptors (Lipinski definition) is 2. The molecule has 0 saturated heterocycles. The molecule has 0 spiro atoms. The van der Waals surface area contributed by atoms with E-state index < -0.39 is 5.97 Å². The third kappa shape index (κ3) is 4.80. The van der Waals surface area contributed by atoms with Crippen LogP contribution in [0.2, 0.25) is 5.02 Å². The van der Waals surface area contributed by atoms with Crippen LogP contribution in [0, 0.1) is 0 Å². The van der Waals surface area contributed by atoms with Crippen LogP contribution in [0.4, 0.5) is 0 Å². The molecule has 3 nitrogen and oxygen atoms in total. The van der Waals surface area contributed by atoms with Crippen LogP contribution in [-0.4, -0.2) is 17.6 Å². The monoisotopic (exact) mass is 395 g/mol. The highest BCUT2D eigenvalue weighted by Gasteiger charge is 2.23. The third-order valence-electron chi connectivity index (χ3n) is 3.73. The van der Waals surface area contributed by atoms with Gasteiger partial charge in [-0.2, -0.15) is 0 Å². The van der Waals surface area contributed by atoms with Crippen molar-refractivity contribution in [2.75, 3.05) is 6.54 Å². The molecule has 2 aromatic rings. The van der Waals surface area contributed by atoms with Gasteiger partial charge in [-0.3, -0.25) is 0 Å². The van der Waals surface area contributed by atoms with Gasteiger partial charge in [-0.15, -0.1) is 0 Å². The molecule has 0 fully saturated rings. The van der Waals surface area contributed by atoms with Crippen molar-refractivity contribution in [1.82, 2.24) is 5.32 Å². The molecule has 0 aliphatic heterocycles. The first kappa shape index (κ1) is 18.0. The molecular weight excluding hydrogens is 378 g/mol. The molecule has 0 saturated carbocycles. The number of hydrogen-bond donors (Lipinski definition) is 2. The van der Waals surface area contributed by atoms with Crippen LogP contribution < -0.4 is 5.32 Å². The van der Waals surface area contributed by atoms with Crippen LogP contribution in [0.25, 0.3) is 0 Å². The Hall–Kier alpha value is -1.36. The zero-order valence-electron chi connectivity index (χ0n) is 13.1. The summed E-state index contributed by atoms with van der Waals surface area (Å²) >= 11 is 9.76. The van der Waals surface area contributed by atoms with E-state index in [1.54, 1.807) is 18.2 Å². The summed E-state index contributed by atoms with van der Waals surface area (Å²) in [6.45, 7) is 5.59. The fourth-order valence-corrected chi connectivity index (χ4v) is 3.40. The summed E-state index contributed by atoms with van der Waals surface area (Å²) in [6.07, 6.45) is 0. The van der Waals surface area contributed by atoms with E-state index in [4.69, 9.17) is 16.7 Å². The van der Waals surface area contributed by atoms with Crippen molar-refractivity contribution in [2.45, 2.75) is 25.8 Å². The average molecular weight is 397 g/mol. The molecule has 0 bridgehead atoms.